The first-order valence-corrected chi connectivity index (χ1v) is 7.70. The number of rotatable bonds is 3. The molecule has 0 aliphatic carbocycles. The van der Waals surface area contributed by atoms with Crippen molar-refractivity contribution in [1.29, 1.82) is 0 Å². The fourth-order valence-electron chi connectivity index (χ4n) is 2.63. The van der Waals surface area contributed by atoms with Crippen LogP contribution in [0, 0.1) is 6.92 Å². The van der Waals surface area contributed by atoms with Gasteiger partial charge in [0.25, 0.3) is 5.91 Å². The lowest BCUT2D eigenvalue weighted by molar-refractivity contribution is 0.0655. The van der Waals surface area contributed by atoms with E-state index in [1.165, 1.54) is 0 Å². The molecule has 0 unspecified atom stereocenters. The van der Waals surface area contributed by atoms with Crippen LogP contribution in [0.3, 0.4) is 0 Å². The molecule has 0 saturated carbocycles. The summed E-state index contributed by atoms with van der Waals surface area (Å²) in [6.07, 6.45) is 2.09. The van der Waals surface area contributed by atoms with Crippen molar-refractivity contribution in [3.8, 4) is 0 Å². The molecular weight excluding hydrogens is 304 g/mol. The molecule has 2 rings (SSSR count). The van der Waals surface area contributed by atoms with Crippen LogP contribution < -0.4 is 5.32 Å². The van der Waals surface area contributed by atoms with Gasteiger partial charge >= 0.3 is 0 Å². The summed E-state index contributed by atoms with van der Waals surface area (Å²) in [5.74, 6) is 0.140. The monoisotopic (exact) mass is 324 g/mol. The van der Waals surface area contributed by atoms with Gasteiger partial charge in [0.1, 0.15) is 0 Å². The van der Waals surface area contributed by atoms with E-state index in [-0.39, 0.29) is 5.91 Å². The minimum atomic E-state index is 0.140. The highest BCUT2D eigenvalue weighted by atomic mass is 79.9. The van der Waals surface area contributed by atoms with Gasteiger partial charge in [-0.2, -0.15) is 0 Å². The Labute approximate surface area is 123 Å². The molecule has 1 N–H and O–H groups in total. The van der Waals surface area contributed by atoms with Crippen molar-refractivity contribution in [2.24, 2.45) is 0 Å². The van der Waals surface area contributed by atoms with E-state index in [9.17, 15) is 4.79 Å². The van der Waals surface area contributed by atoms with Gasteiger partial charge in [0, 0.05) is 17.1 Å². The lowest BCUT2D eigenvalue weighted by Gasteiger charge is -2.34. The number of amides is 1. The molecule has 0 radical (unpaired) electrons. The number of carbonyl (C=O) groups excluding carboxylic acids is 1. The van der Waals surface area contributed by atoms with Gasteiger partial charge in [-0.05, 0) is 73.4 Å². The second kappa shape index (κ2) is 6.53. The van der Waals surface area contributed by atoms with Crippen molar-refractivity contribution in [2.75, 3.05) is 19.6 Å². The number of carbonyl (C=O) groups is 1. The number of aryl methyl sites for hydroxylation is 1. The SMILES string of the molecule is CCN(C(=O)c1ccc(C)cc1Br)C1CCNCC1. The van der Waals surface area contributed by atoms with Gasteiger partial charge in [-0.1, -0.05) is 6.07 Å². The summed E-state index contributed by atoms with van der Waals surface area (Å²) in [5, 5.41) is 3.34. The van der Waals surface area contributed by atoms with E-state index in [0.29, 0.717) is 6.04 Å². The molecule has 1 aliphatic heterocycles. The second-order valence-corrected chi connectivity index (χ2v) is 5.91. The average molecular weight is 325 g/mol. The van der Waals surface area contributed by atoms with E-state index < -0.39 is 0 Å². The first kappa shape index (κ1) is 14.5. The van der Waals surface area contributed by atoms with Gasteiger partial charge in [0.05, 0.1) is 5.56 Å². The Morgan fingerprint density at radius 3 is 2.68 bits per heavy atom. The molecule has 1 fully saturated rings. The number of hydrogen-bond acceptors (Lipinski definition) is 2. The largest absolute Gasteiger partial charge is 0.336 e. The lowest BCUT2D eigenvalue weighted by atomic mass is 10.0. The van der Waals surface area contributed by atoms with Crippen molar-refractivity contribution >= 4 is 21.8 Å². The predicted molar refractivity (Wildman–Crippen MR) is 81.5 cm³/mol. The smallest absolute Gasteiger partial charge is 0.255 e. The van der Waals surface area contributed by atoms with E-state index in [4.69, 9.17) is 0 Å². The van der Waals surface area contributed by atoms with Gasteiger partial charge < -0.3 is 10.2 Å². The Balaban J connectivity index is 2.19. The summed E-state index contributed by atoms with van der Waals surface area (Å²) in [6, 6.07) is 6.29. The Kier molecular flexibility index (Phi) is 4.99. The zero-order chi connectivity index (χ0) is 13.8. The third-order valence-electron chi connectivity index (χ3n) is 3.71. The maximum absolute atomic E-state index is 12.7. The average Bonchev–Trinajstić information content (AvgIpc) is 2.40. The summed E-state index contributed by atoms with van der Waals surface area (Å²) < 4.78 is 0.893. The van der Waals surface area contributed by atoms with Gasteiger partial charge in [0.2, 0.25) is 0 Å². The maximum atomic E-state index is 12.7. The van der Waals surface area contributed by atoms with Crippen LogP contribution in [0.2, 0.25) is 0 Å². The molecule has 19 heavy (non-hydrogen) atoms. The van der Waals surface area contributed by atoms with Crippen molar-refractivity contribution in [3.63, 3.8) is 0 Å². The van der Waals surface area contributed by atoms with E-state index in [1.807, 2.05) is 30.0 Å². The standard InChI is InChI=1S/C15H21BrN2O/c1-3-18(12-6-8-17-9-7-12)15(19)13-5-4-11(2)10-14(13)16/h4-5,10,12,17H,3,6-9H2,1-2H3. The van der Waals surface area contributed by atoms with E-state index in [0.717, 1.165) is 48.1 Å². The molecule has 4 heteroatoms. The number of benzene rings is 1. The van der Waals surface area contributed by atoms with Gasteiger partial charge in [-0.3, -0.25) is 4.79 Å². The van der Waals surface area contributed by atoms with E-state index in [1.54, 1.807) is 0 Å². The van der Waals surface area contributed by atoms with E-state index in [2.05, 4.69) is 28.2 Å². The molecular formula is C15H21BrN2O. The zero-order valence-electron chi connectivity index (χ0n) is 11.6. The summed E-state index contributed by atoms with van der Waals surface area (Å²) in [7, 11) is 0. The first-order valence-electron chi connectivity index (χ1n) is 6.91. The molecule has 1 amide bonds. The normalized spacial score (nSPS) is 16.4. The molecule has 1 saturated heterocycles. The molecule has 0 aromatic heterocycles. The van der Waals surface area contributed by atoms with Crippen LogP contribution in [0.5, 0.6) is 0 Å². The van der Waals surface area contributed by atoms with Crippen LogP contribution >= 0.6 is 15.9 Å². The van der Waals surface area contributed by atoms with Crippen LogP contribution in [0.15, 0.2) is 22.7 Å². The summed E-state index contributed by atoms with van der Waals surface area (Å²) in [5.41, 5.74) is 1.93. The number of piperidine rings is 1. The van der Waals surface area contributed by atoms with Crippen molar-refractivity contribution < 1.29 is 4.79 Å². The first-order chi connectivity index (χ1) is 9.13. The molecule has 0 spiro atoms. The lowest BCUT2D eigenvalue weighted by Crippen LogP contribution is -2.46. The highest BCUT2D eigenvalue weighted by molar-refractivity contribution is 9.10. The third-order valence-corrected chi connectivity index (χ3v) is 4.36. The number of nitrogens with zero attached hydrogens (tertiary/aromatic N) is 1. The molecule has 1 aromatic rings. The van der Waals surface area contributed by atoms with Crippen molar-refractivity contribution in [3.05, 3.63) is 33.8 Å². The number of halogens is 1. The molecule has 104 valence electrons. The zero-order valence-corrected chi connectivity index (χ0v) is 13.2. The molecule has 0 bridgehead atoms. The Morgan fingerprint density at radius 2 is 2.11 bits per heavy atom. The van der Waals surface area contributed by atoms with Crippen LogP contribution in [0.4, 0.5) is 0 Å². The maximum Gasteiger partial charge on any atom is 0.255 e. The van der Waals surface area contributed by atoms with Crippen LogP contribution in [-0.4, -0.2) is 36.5 Å². The minimum Gasteiger partial charge on any atom is -0.336 e. The molecule has 1 aliphatic rings. The highest BCUT2D eigenvalue weighted by Gasteiger charge is 2.25. The number of nitrogens with one attached hydrogen (secondary N) is 1. The van der Waals surface area contributed by atoms with Crippen LogP contribution in [-0.2, 0) is 0 Å². The van der Waals surface area contributed by atoms with Crippen molar-refractivity contribution in [1.82, 2.24) is 10.2 Å². The van der Waals surface area contributed by atoms with Gasteiger partial charge in [0.15, 0.2) is 0 Å². The molecule has 1 aromatic carbocycles. The summed E-state index contributed by atoms with van der Waals surface area (Å²) >= 11 is 3.51. The van der Waals surface area contributed by atoms with Crippen LogP contribution in [0.25, 0.3) is 0 Å². The quantitative estimate of drug-likeness (QED) is 0.927. The van der Waals surface area contributed by atoms with E-state index >= 15 is 0 Å². The summed E-state index contributed by atoms with van der Waals surface area (Å²) in [4.78, 5) is 14.7. The predicted octanol–water partition coefficient (Wildman–Crippen LogP) is 2.97. The highest BCUT2D eigenvalue weighted by Crippen LogP contribution is 2.22. The topological polar surface area (TPSA) is 32.3 Å². The fourth-order valence-corrected chi connectivity index (χ4v) is 3.30. The summed E-state index contributed by atoms with van der Waals surface area (Å²) in [6.45, 7) is 6.86. The Bertz CT molecular complexity index is 455. The Hall–Kier alpha value is -0.870. The molecule has 1 heterocycles. The molecule has 3 nitrogen and oxygen atoms in total. The number of hydrogen-bond donors (Lipinski definition) is 1. The van der Waals surface area contributed by atoms with Crippen LogP contribution in [0.1, 0.15) is 35.7 Å². The van der Waals surface area contributed by atoms with Gasteiger partial charge in [-0.15, -0.1) is 0 Å². The minimum absolute atomic E-state index is 0.140. The Morgan fingerprint density at radius 1 is 1.42 bits per heavy atom. The molecule has 0 atom stereocenters. The third kappa shape index (κ3) is 3.37. The van der Waals surface area contributed by atoms with Crippen molar-refractivity contribution in [2.45, 2.75) is 32.7 Å². The second-order valence-electron chi connectivity index (χ2n) is 5.06. The van der Waals surface area contributed by atoms with Gasteiger partial charge in [-0.25, -0.2) is 0 Å². The fraction of sp³-hybridized carbons (Fsp3) is 0.533.